The first-order valence-corrected chi connectivity index (χ1v) is 4.37. The normalized spacial score (nSPS) is 11.9. The Hall–Kier alpha value is -1.98. The van der Waals surface area contributed by atoms with Gasteiger partial charge in [0.25, 0.3) is 5.91 Å². The highest BCUT2D eigenvalue weighted by molar-refractivity contribution is 5.92. The second-order valence-electron chi connectivity index (χ2n) is 3.07. The fourth-order valence-corrected chi connectivity index (χ4v) is 0.937. The molecule has 16 heavy (non-hydrogen) atoms. The second-order valence-corrected chi connectivity index (χ2v) is 3.07. The van der Waals surface area contributed by atoms with Crippen LogP contribution in [0.1, 0.15) is 17.3 Å². The van der Waals surface area contributed by atoms with Crippen molar-refractivity contribution in [1.82, 2.24) is 0 Å². The van der Waals surface area contributed by atoms with Crippen molar-refractivity contribution in [3.63, 3.8) is 0 Å². The third-order valence-corrected chi connectivity index (χ3v) is 1.84. The minimum Gasteiger partial charge on any atom is -0.449 e. The molecule has 0 aromatic heterocycles. The molecule has 2 N–H and O–H groups in total. The number of hydrogen-bond acceptors (Lipinski definition) is 3. The maximum absolute atomic E-state index is 13.1. The van der Waals surface area contributed by atoms with Crippen LogP contribution in [0.15, 0.2) is 18.2 Å². The van der Waals surface area contributed by atoms with Crippen LogP contribution in [-0.2, 0) is 9.53 Å². The van der Waals surface area contributed by atoms with Gasteiger partial charge in [0.1, 0.15) is 11.6 Å². The summed E-state index contributed by atoms with van der Waals surface area (Å²) in [6.45, 7) is 1.25. The van der Waals surface area contributed by atoms with Crippen molar-refractivity contribution in [2.45, 2.75) is 13.0 Å². The van der Waals surface area contributed by atoms with E-state index in [9.17, 15) is 18.4 Å². The number of amides is 1. The van der Waals surface area contributed by atoms with Crippen molar-refractivity contribution in [3.8, 4) is 0 Å². The minimum atomic E-state index is -1.17. The summed E-state index contributed by atoms with van der Waals surface area (Å²) in [5.74, 6) is -3.78. The van der Waals surface area contributed by atoms with Gasteiger partial charge in [0.05, 0.1) is 5.56 Å². The van der Waals surface area contributed by atoms with E-state index in [1.807, 2.05) is 0 Å². The van der Waals surface area contributed by atoms with Crippen LogP contribution in [0.2, 0.25) is 0 Å². The van der Waals surface area contributed by atoms with Gasteiger partial charge < -0.3 is 10.5 Å². The van der Waals surface area contributed by atoms with Gasteiger partial charge in [-0.1, -0.05) is 0 Å². The van der Waals surface area contributed by atoms with Crippen LogP contribution in [0.25, 0.3) is 0 Å². The summed E-state index contributed by atoms with van der Waals surface area (Å²) in [6, 6.07) is 2.39. The first kappa shape index (κ1) is 12.1. The Morgan fingerprint density at radius 1 is 1.38 bits per heavy atom. The maximum Gasteiger partial charge on any atom is 0.341 e. The Kier molecular flexibility index (Phi) is 3.55. The third kappa shape index (κ3) is 2.75. The lowest BCUT2D eigenvalue weighted by Gasteiger charge is -2.09. The molecule has 1 aromatic rings. The van der Waals surface area contributed by atoms with E-state index in [2.05, 4.69) is 4.74 Å². The molecule has 0 fully saturated rings. The fraction of sp³-hybridized carbons (Fsp3) is 0.200. The van der Waals surface area contributed by atoms with Crippen molar-refractivity contribution in [2.24, 2.45) is 5.73 Å². The van der Waals surface area contributed by atoms with Crippen LogP contribution < -0.4 is 5.73 Å². The number of esters is 1. The highest BCUT2D eigenvalue weighted by Gasteiger charge is 2.19. The van der Waals surface area contributed by atoms with Crippen LogP contribution in [0.4, 0.5) is 8.78 Å². The molecule has 0 heterocycles. The Labute approximate surface area is 90.0 Å². The van der Waals surface area contributed by atoms with Gasteiger partial charge in [-0.15, -0.1) is 0 Å². The van der Waals surface area contributed by atoms with Crippen molar-refractivity contribution in [1.29, 1.82) is 0 Å². The number of carbonyl (C=O) groups excluding carboxylic acids is 2. The van der Waals surface area contributed by atoms with Gasteiger partial charge in [0.15, 0.2) is 6.10 Å². The van der Waals surface area contributed by atoms with Crippen molar-refractivity contribution in [3.05, 3.63) is 35.4 Å². The molecule has 4 nitrogen and oxygen atoms in total. The quantitative estimate of drug-likeness (QED) is 0.786. The molecule has 0 aliphatic carbocycles. The van der Waals surface area contributed by atoms with Crippen LogP contribution >= 0.6 is 0 Å². The van der Waals surface area contributed by atoms with Crippen molar-refractivity contribution >= 4 is 11.9 Å². The van der Waals surface area contributed by atoms with Gasteiger partial charge >= 0.3 is 5.97 Å². The SMILES string of the molecule is C[C@H](OC(=O)c1ccc(F)cc1F)C(N)=O. The zero-order chi connectivity index (χ0) is 12.3. The largest absolute Gasteiger partial charge is 0.449 e. The second kappa shape index (κ2) is 4.69. The lowest BCUT2D eigenvalue weighted by molar-refractivity contribution is -0.125. The van der Waals surface area contributed by atoms with Crippen molar-refractivity contribution < 1.29 is 23.1 Å². The maximum atomic E-state index is 13.1. The van der Waals surface area contributed by atoms with Gasteiger partial charge in [0, 0.05) is 6.07 Å². The Morgan fingerprint density at radius 2 is 2.00 bits per heavy atom. The van der Waals surface area contributed by atoms with Crippen molar-refractivity contribution in [2.75, 3.05) is 0 Å². The standard InChI is InChI=1S/C10H9F2NO3/c1-5(9(13)14)16-10(15)7-3-2-6(11)4-8(7)12/h2-5H,1H3,(H2,13,14)/t5-/m0/s1. The highest BCUT2D eigenvalue weighted by Crippen LogP contribution is 2.11. The molecule has 0 saturated carbocycles. The van der Waals surface area contributed by atoms with Gasteiger partial charge in [-0.3, -0.25) is 4.79 Å². The molecule has 1 aromatic carbocycles. The summed E-state index contributed by atoms with van der Waals surface area (Å²) in [6.07, 6.45) is -1.17. The summed E-state index contributed by atoms with van der Waals surface area (Å²) in [4.78, 5) is 21.9. The Bertz CT molecular complexity index is 434. The number of halogens is 2. The number of primary amides is 1. The molecular formula is C10H9F2NO3. The summed E-state index contributed by atoms with van der Waals surface area (Å²) in [7, 11) is 0. The summed E-state index contributed by atoms with van der Waals surface area (Å²) >= 11 is 0. The number of nitrogens with two attached hydrogens (primary N) is 1. The van der Waals surface area contributed by atoms with E-state index in [0.717, 1.165) is 12.1 Å². The molecule has 0 unspecified atom stereocenters. The topological polar surface area (TPSA) is 69.4 Å². The van der Waals surface area contributed by atoms with E-state index < -0.39 is 35.2 Å². The highest BCUT2D eigenvalue weighted by atomic mass is 19.1. The van der Waals surface area contributed by atoms with Gasteiger partial charge in [-0.2, -0.15) is 0 Å². The van der Waals surface area contributed by atoms with E-state index in [-0.39, 0.29) is 0 Å². The van der Waals surface area contributed by atoms with E-state index in [1.165, 1.54) is 6.92 Å². The van der Waals surface area contributed by atoms with E-state index in [4.69, 9.17) is 5.73 Å². The number of ether oxygens (including phenoxy) is 1. The van der Waals surface area contributed by atoms with E-state index in [0.29, 0.717) is 6.07 Å². The number of rotatable bonds is 3. The summed E-state index contributed by atoms with van der Waals surface area (Å²) in [5.41, 5.74) is 4.41. The Morgan fingerprint density at radius 3 is 2.50 bits per heavy atom. The van der Waals surface area contributed by atoms with E-state index in [1.54, 1.807) is 0 Å². The van der Waals surface area contributed by atoms with Crippen LogP contribution in [0.5, 0.6) is 0 Å². The molecule has 0 saturated heterocycles. The monoisotopic (exact) mass is 229 g/mol. The lowest BCUT2D eigenvalue weighted by Crippen LogP contribution is -2.30. The molecule has 0 spiro atoms. The third-order valence-electron chi connectivity index (χ3n) is 1.84. The minimum absolute atomic E-state index is 0.450. The van der Waals surface area contributed by atoms with E-state index >= 15 is 0 Å². The average Bonchev–Trinajstić information content (AvgIpc) is 2.16. The van der Waals surface area contributed by atoms with Gasteiger partial charge in [-0.25, -0.2) is 13.6 Å². The van der Waals surface area contributed by atoms with Crippen LogP contribution in [0.3, 0.4) is 0 Å². The smallest absolute Gasteiger partial charge is 0.341 e. The molecule has 1 atom stereocenters. The molecule has 1 rings (SSSR count). The van der Waals surface area contributed by atoms with Crippen LogP contribution in [-0.4, -0.2) is 18.0 Å². The number of carbonyl (C=O) groups is 2. The molecular weight excluding hydrogens is 220 g/mol. The van der Waals surface area contributed by atoms with Gasteiger partial charge in [0.2, 0.25) is 0 Å². The Balaban J connectivity index is 2.85. The summed E-state index contributed by atoms with van der Waals surface area (Å²) in [5, 5.41) is 0. The van der Waals surface area contributed by atoms with Crippen LogP contribution in [0, 0.1) is 11.6 Å². The fourth-order valence-electron chi connectivity index (χ4n) is 0.937. The number of benzene rings is 1. The predicted octanol–water partition coefficient (Wildman–Crippen LogP) is 0.995. The zero-order valence-electron chi connectivity index (χ0n) is 8.37. The lowest BCUT2D eigenvalue weighted by atomic mass is 10.2. The first-order valence-electron chi connectivity index (χ1n) is 4.37. The average molecular weight is 229 g/mol. The molecule has 0 bridgehead atoms. The first-order chi connectivity index (χ1) is 7.41. The summed E-state index contributed by atoms with van der Waals surface area (Å²) < 4.78 is 30.2. The molecule has 1 amide bonds. The number of hydrogen-bond donors (Lipinski definition) is 1. The zero-order valence-corrected chi connectivity index (χ0v) is 8.37. The predicted molar refractivity (Wildman–Crippen MR) is 50.4 cm³/mol. The molecule has 86 valence electrons. The molecule has 0 aliphatic heterocycles. The molecule has 0 radical (unpaired) electrons. The van der Waals surface area contributed by atoms with Gasteiger partial charge in [-0.05, 0) is 19.1 Å². The molecule has 0 aliphatic rings. The molecule has 6 heteroatoms.